The monoisotopic (exact) mass is 483 g/mol. The molecule has 1 aromatic rings. The first-order valence-electron chi connectivity index (χ1n) is 12.1. The van der Waals surface area contributed by atoms with Gasteiger partial charge >= 0.3 is 0 Å². The summed E-state index contributed by atoms with van der Waals surface area (Å²) in [5.41, 5.74) is -0.837. The molecule has 1 amide bonds. The lowest BCUT2D eigenvalue weighted by molar-refractivity contribution is -0.176. The van der Waals surface area contributed by atoms with Crippen molar-refractivity contribution >= 4 is 22.7 Å². The van der Waals surface area contributed by atoms with Crippen LogP contribution in [0.4, 0.5) is 0 Å². The third-order valence-electron chi connectivity index (χ3n) is 9.44. The van der Waals surface area contributed by atoms with E-state index in [0.717, 1.165) is 24.0 Å². The van der Waals surface area contributed by atoms with Crippen LogP contribution in [0.2, 0.25) is 0 Å². The molecule has 34 heavy (non-hydrogen) atoms. The molecule has 0 radical (unpaired) electrons. The maximum absolute atomic E-state index is 13.4. The highest BCUT2D eigenvalue weighted by atomic mass is 32.2. The molecule has 3 N–H and O–H groups in total. The number of benzene rings is 1. The van der Waals surface area contributed by atoms with E-state index in [4.69, 9.17) is 0 Å². The predicted molar refractivity (Wildman–Crippen MR) is 129 cm³/mol. The van der Waals surface area contributed by atoms with Crippen molar-refractivity contribution in [2.75, 3.05) is 0 Å². The number of hydrogen-bond acceptors (Lipinski definition) is 5. The molecule has 0 aliphatic heterocycles. The Balaban J connectivity index is 1.42. The molecule has 5 rings (SSSR count). The summed E-state index contributed by atoms with van der Waals surface area (Å²) < 4.78 is 15.4. The first kappa shape index (κ1) is 23.6. The maximum atomic E-state index is 13.4. The van der Waals surface area contributed by atoms with Crippen molar-refractivity contribution < 1.29 is 24.0 Å². The Bertz CT molecular complexity index is 1130. The molecule has 6 unspecified atom stereocenters. The molecular formula is C27H33NO5S. The van der Waals surface area contributed by atoms with Gasteiger partial charge < -0.3 is 10.2 Å². The standard InChI is InChI=1S/C27H33NO5S/c1-16-4-7-19(8-5-16)34(33)28-24(31)27(32)13-11-21-20-9-6-17-14-18(29)10-12-25(17,2)23(20)22(30)15-26(21,27)3/h4-5,7-8,10,12,14,20-23,30,32H,6,9,11,13,15H2,1-3H3,(H,28,31)/t20?,21?,22?,23?,25?,26?,27-,34-/m0/s1. The van der Waals surface area contributed by atoms with Gasteiger partial charge in [-0.1, -0.05) is 43.2 Å². The van der Waals surface area contributed by atoms with Crippen molar-refractivity contribution in [2.24, 2.45) is 28.6 Å². The number of ketones is 1. The second kappa shape index (κ2) is 7.97. The number of rotatable bonds is 3. The second-order valence-corrected chi connectivity index (χ2v) is 12.3. The molecule has 3 fully saturated rings. The van der Waals surface area contributed by atoms with Crippen molar-refractivity contribution in [2.45, 2.75) is 69.5 Å². The Hall–Kier alpha value is -2.09. The van der Waals surface area contributed by atoms with Crippen molar-refractivity contribution in [3.05, 3.63) is 53.6 Å². The van der Waals surface area contributed by atoms with E-state index in [2.05, 4.69) is 11.6 Å². The van der Waals surface area contributed by atoms with Gasteiger partial charge in [0.05, 0.1) is 11.0 Å². The SMILES string of the molecule is Cc1ccc([S@](=O)NC(=O)[C@@]2(O)CCC3C4CCC5=CC(=O)C=CC5(C)C4C(O)CC32C)cc1. The number of hydrogen-bond donors (Lipinski definition) is 3. The van der Waals surface area contributed by atoms with Gasteiger partial charge in [-0.2, -0.15) is 0 Å². The normalized spacial score (nSPS) is 41.7. The summed E-state index contributed by atoms with van der Waals surface area (Å²) in [6.07, 6.45) is 7.36. The van der Waals surface area contributed by atoms with Crippen LogP contribution in [0.1, 0.15) is 51.5 Å². The van der Waals surface area contributed by atoms with Gasteiger partial charge in [-0.05, 0) is 75.1 Å². The minimum atomic E-state index is -1.78. The van der Waals surface area contributed by atoms with E-state index >= 15 is 0 Å². The number of aryl methyl sites for hydroxylation is 1. The molecule has 0 saturated heterocycles. The third kappa shape index (κ3) is 3.31. The van der Waals surface area contributed by atoms with Crippen LogP contribution in [-0.2, 0) is 20.6 Å². The van der Waals surface area contributed by atoms with Crippen LogP contribution in [0.5, 0.6) is 0 Å². The maximum Gasteiger partial charge on any atom is 0.264 e. The highest BCUT2D eigenvalue weighted by Crippen LogP contribution is 2.66. The summed E-state index contributed by atoms with van der Waals surface area (Å²) in [5.74, 6) is -0.531. The number of aliphatic hydroxyl groups excluding tert-OH is 1. The molecule has 0 heterocycles. The lowest BCUT2D eigenvalue weighted by Crippen LogP contribution is -2.63. The van der Waals surface area contributed by atoms with E-state index in [1.807, 2.05) is 32.1 Å². The van der Waals surface area contributed by atoms with Gasteiger partial charge in [0.1, 0.15) is 5.60 Å². The van der Waals surface area contributed by atoms with E-state index in [0.29, 0.717) is 11.3 Å². The molecular weight excluding hydrogens is 450 g/mol. The Morgan fingerprint density at radius 3 is 2.59 bits per heavy atom. The van der Waals surface area contributed by atoms with E-state index < -0.39 is 39.4 Å². The molecule has 0 bridgehead atoms. The van der Waals surface area contributed by atoms with Crippen LogP contribution in [0.3, 0.4) is 0 Å². The summed E-state index contributed by atoms with van der Waals surface area (Å²) in [6, 6.07) is 7.08. The number of allylic oxidation sites excluding steroid dienone is 4. The lowest BCUT2D eigenvalue weighted by Gasteiger charge is -2.59. The molecule has 4 aliphatic carbocycles. The van der Waals surface area contributed by atoms with Crippen molar-refractivity contribution in [1.82, 2.24) is 4.72 Å². The zero-order chi connectivity index (χ0) is 24.5. The van der Waals surface area contributed by atoms with Crippen LogP contribution in [-0.4, -0.2) is 37.8 Å². The molecule has 1 aromatic carbocycles. The van der Waals surface area contributed by atoms with Gasteiger partial charge in [0, 0.05) is 16.7 Å². The van der Waals surface area contributed by atoms with E-state index in [1.165, 1.54) is 0 Å². The summed E-state index contributed by atoms with van der Waals surface area (Å²) in [4.78, 5) is 25.8. The largest absolute Gasteiger partial charge is 0.393 e. The van der Waals surface area contributed by atoms with Crippen LogP contribution >= 0.6 is 0 Å². The molecule has 4 aliphatic rings. The van der Waals surface area contributed by atoms with Crippen LogP contribution in [0.15, 0.2) is 53.0 Å². The number of nitrogens with one attached hydrogen (secondary N) is 1. The molecule has 182 valence electrons. The minimum Gasteiger partial charge on any atom is -0.393 e. The quantitative estimate of drug-likeness (QED) is 0.613. The molecule has 3 saturated carbocycles. The summed E-state index contributed by atoms with van der Waals surface area (Å²) in [5, 5.41) is 23.2. The topological polar surface area (TPSA) is 104 Å². The highest BCUT2D eigenvalue weighted by Gasteiger charge is 2.68. The fourth-order valence-corrected chi connectivity index (χ4v) is 8.43. The van der Waals surface area contributed by atoms with Gasteiger partial charge in [-0.3, -0.25) is 14.3 Å². The fraction of sp³-hybridized carbons (Fsp3) is 0.556. The first-order chi connectivity index (χ1) is 16.0. The molecule has 8 atom stereocenters. The Kier molecular flexibility index (Phi) is 5.54. The van der Waals surface area contributed by atoms with Gasteiger partial charge in [0.25, 0.3) is 5.91 Å². The average Bonchev–Trinajstić information content (AvgIpc) is 3.05. The van der Waals surface area contributed by atoms with Crippen LogP contribution in [0.25, 0.3) is 0 Å². The predicted octanol–water partition coefficient (Wildman–Crippen LogP) is 3.14. The van der Waals surface area contributed by atoms with Gasteiger partial charge in [-0.25, -0.2) is 4.21 Å². The first-order valence-corrected chi connectivity index (χ1v) is 13.3. The Labute approximate surface area is 203 Å². The van der Waals surface area contributed by atoms with Crippen LogP contribution in [0, 0.1) is 35.5 Å². The smallest absolute Gasteiger partial charge is 0.264 e. The van der Waals surface area contributed by atoms with Crippen molar-refractivity contribution in [1.29, 1.82) is 0 Å². The van der Waals surface area contributed by atoms with Gasteiger partial charge in [0.15, 0.2) is 16.8 Å². The molecule has 0 spiro atoms. The second-order valence-electron chi connectivity index (χ2n) is 11.1. The van der Waals surface area contributed by atoms with Gasteiger partial charge in [-0.15, -0.1) is 0 Å². The number of fused-ring (bicyclic) bond motifs is 5. The number of amides is 1. The van der Waals surface area contributed by atoms with Crippen LogP contribution < -0.4 is 4.72 Å². The van der Waals surface area contributed by atoms with Crippen molar-refractivity contribution in [3.8, 4) is 0 Å². The average molecular weight is 484 g/mol. The third-order valence-corrected chi connectivity index (χ3v) is 10.5. The Morgan fingerprint density at radius 1 is 1.18 bits per heavy atom. The lowest BCUT2D eigenvalue weighted by atomic mass is 9.46. The molecule has 7 heteroatoms. The zero-order valence-corrected chi connectivity index (χ0v) is 20.7. The van der Waals surface area contributed by atoms with E-state index in [9.17, 15) is 24.0 Å². The number of carbonyl (C=O) groups excluding carboxylic acids is 2. The summed E-state index contributed by atoms with van der Waals surface area (Å²) in [6.45, 7) is 5.94. The molecule has 6 nitrogen and oxygen atoms in total. The fourth-order valence-electron chi connectivity index (χ4n) is 7.59. The highest BCUT2D eigenvalue weighted by molar-refractivity contribution is 7.83. The summed E-state index contributed by atoms with van der Waals surface area (Å²) in [7, 11) is -1.78. The zero-order valence-electron chi connectivity index (χ0n) is 19.9. The molecule has 0 aromatic heterocycles. The van der Waals surface area contributed by atoms with Crippen molar-refractivity contribution in [3.63, 3.8) is 0 Å². The Morgan fingerprint density at radius 2 is 1.88 bits per heavy atom. The van der Waals surface area contributed by atoms with Gasteiger partial charge in [0.2, 0.25) is 0 Å². The minimum absolute atomic E-state index is 0.00504. The number of aliphatic hydroxyl groups is 2. The van der Waals surface area contributed by atoms with E-state index in [1.54, 1.807) is 24.3 Å². The number of carbonyl (C=O) groups is 2. The van der Waals surface area contributed by atoms with E-state index in [-0.39, 0.29) is 36.4 Å². The summed E-state index contributed by atoms with van der Waals surface area (Å²) >= 11 is 0.